The molecule has 0 unspecified atom stereocenters. The van der Waals surface area contributed by atoms with E-state index < -0.39 is 6.03 Å². The predicted octanol–water partition coefficient (Wildman–Crippen LogP) is 1.82. The predicted molar refractivity (Wildman–Crippen MR) is 58.7 cm³/mol. The largest absolute Gasteiger partial charge is 0.494 e. The molecule has 0 aliphatic rings. The van der Waals surface area contributed by atoms with Gasteiger partial charge in [-0.15, -0.1) is 0 Å². The average Bonchev–Trinajstić information content (AvgIpc) is 2.18. The second-order valence-corrected chi connectivity index (χ2v) is 2.98. The lowest BCUT2D eigenvalue weighted by molar-refractivity contribution is 0.257. The summed E-state index contributed by atoms with van der Waals surface area (Å²) in [6, 6.07) is 6.32. The number of benzene rings is 1. The SMILES string of the molecule is CCOc1ccc(N(S)C(N)=O)cc1. The van der Waals surface area contributed by atoms with E-state index in [4.69, 9.17) is 10.5 Å². The van der Waals surface area contributed by atoms with Gasteiger partial charge in [0.25, 0.3) is 0 Å². The van der Waals surface area contributed by atoms with Crippen molar-refractivity contribution in [2.75, 3.05) is 10.9 Å². The Bertz CT molecular complexity index is 313. The average molecular weight is 212 g/mol. The van der Waals surface area contributed by atoms with Crippen molar-refractivity contribution in [1.29, 1.82) is 0 Å². The normalized spacial score (nSPS) is 9.57. The molecular weight excluding hydrogens is 200 g/mol. The molecule has 1 rings (SSSR count). The van der Waals surface area contributed by atoms with Crippen LogP contribution in [0.3, 0.4) is 0 Å². The fourth-order valence-electron chi connectivity index (χ4n) is 0.977. The summed E-state index contributed by atoms with van der Waals surface area (Å²) in [7, 11) is 0. The molecule has 2 N–H and O–H groups in total. The zero-order chi connectivity index (χ0) is 10.6. The number of nitrogens with zero attached hydrogens (tertiary/aromatic N) is 1. The van der Waals surface area contributed by atoms with Gasteiger partial charge in [0.15, 0.2) is 0 Å². The molecule has 0 saturated heterocycles. The number of anilines is 1. The molecule has 2 amide bonds. The van der Waals surface area contributed by atoms with E-state index >= 15 is 0 Å². The Morgan fingerprint density at radius 3 is 2.50 bits per heavy atom. The highest BCUT2D eigenvalue weighted by molar-refractivity contribution is 7.82. The number of nitrogens with two attached hydrogens (primary N) is 1. The second kappa shape index (κ2) is 4.76. The first kappa shape index (κ1) is 10.7. The van der Waals surface area contributed by atoms with Crippen molar-refractivity contribution in [2.45, 2.75) is 6.92 Å². The zero-order valence-electron chi connectivity index (χ0n) is 7.80. The summed E-state index contributed by atoms with van der Waals surface area (Å²) in [5.74, 6) is 0.752. The molecule has 0 bridgehead atoms. The van der Waals surface area contributed by atoms with Crippen LogP contribution in [0.25, 0.3) is 0 Å². The molecule has 14 heavy (non-hydrogen) atoms. The van der Waals surface area contributed by atoms with E-state index in [1.807, 2.05) is 6.92 Å². The highest BCUT2D eigenvalue weighted by Crippen LogP contribution is 2.20. The van der Waals surface area contributed by atoms with Crippen molar-refractivity contribution in [3.05, 3.63) is 24.3 Å². The van der Waals surface area contributed by atoms with E-state index in [2.05, 4.69) is 12.8 Å². The minimum atomic E-state index is -0.613. The minimum absolute atomic E-state index is 0.611. The Kier molecular flexibility index (Phi) is 3.64. The Balaban J connectivity index is 2.77. The van der Waals surface area contributed by atoms with E-state index in [1.54, 1.807) is 24.3 Å². The molecule has 76 valence electrons. The third-order valence-corrected chi connectivity index (χ3v) is 2.03. The van der Waals surface area contributed by atoms with Gasteiger partial charge in [0.2, 0.25) is 0 Å². The number of thiol groups is 1. The molecule has 5 heteroatoms. The van der Waals surface area contributed by atoms with E-state index in [0.29, 0.717) is 12.3 Å². The monoisotopic (exact) mass is 212 g/mol. The number of amides is 2. The van der Waals surface area contributed by atoms with Crippen molar-refractivity contribution >= 4 is 24.5 Å². The molecule has 0 heterocycles. The van der Waals surface area contributed by atoms with Gasteiger partial charge < -0.3 is 10.5 Å². The van der Waals surface area contributed by atoms with Crippen molar-refractivity contribution in [3.63, 3.8) is 0 Å². The molecule has 0 fully saturated rings. The third kappa shape index (κ3) is 2.56. The number of hydrogen-bond donors (Lipinski definition) is 2. The molecule has 0 radical (unpaired) electrons. The first-order valence-corrected chi connectivity index (χ1v) is 4.56. The standard InChI is InChI=1S/C9H12N2O2S/c1-2-13-8-5-3-7(4-6-8)11(14)9(10)12/h3-6,14H,2H2,1H3,(H2,10,12). The molecule has 4 nitrogen and oxygen atoms in total. The maximum absolute atomic E-state index is 10.8. The molecule has 0 aliphatic carbocycles. The quantitative estimate of drug-likeness (QED) is 0.751. The Hall–Kier alpha value is -1.36. The summed E-state index contributed by atoms with van der Waals surface area (Å²) in [6.07, 6.45) is 0. The lowest BCUT2D eigenvalue weighted by Gasteiger charge is -2.12. The van der Waals surface area contributed by atoms with Crippen LogP contribution in [0, 0.1) is 0 Å². The summed E-state index contributed by atoms with van der Waals surface area (Å²) in [5, 5.41) is 0. The summed E-state index contributed by atoms with van der Waals surface area (Å²) in [4.78, 5) is 10.8. The summed E-state index contributed by atoms with van der Waals surface area (Å²) < 4.78 is 6.31. The molecule has 0 aromatic heterocycles. The Labute approximate surface area is 88.2 Å². The van der Waals surface area contributed by atoms with Gasteiger partial charge in [0.1, 0.15) is 5.75 Å². The fourth-order valence-corrected chi connectivity index (χ4v) is 1.11. The van der Waals surface area contributed by atoms with Gasteiger partial charge in [-0.2, -0.15) is 0 Å². The van der Waals surface area contributed by atoms with Gasteiger partial charge in [-0.3, -0.25) is 0 Å². The summed E-state index contributed by atoms with van der Waals surface area (Å²) >= 11 is 3.92. The first-order chi connectivity index (χ1) is 6.65. The molecule has 1 aromatic carbocycles. The number of ether oxygens (including phenoxy) is 1. The van der Waals surface area contributed by atoms with E-state index in [0.717, 1.165) is 10.1 Å². The van der Waals surface area contributed by atoms with Crippen LogP contribution in [-0.4, -0.2) is 12.6 Å². The lowest BCUT2D eigenvalue weighted by Crippen LogP contribution is -2.27. The maximum Gasteiger partial charge on any atom is 0.329 e. The lowest BCUT2D eigenvalue weighted by atomic mass is 10.3. The number of rotatable bonds is 3. The molecule has 0 aliphatic heterocycles. The van der Waals surface area contributed by atoms with Crippen LogP contribution in [0.5, 0.6) is 5.75 Å². The highest BCUT2D eigenvalue weighted by Gasteiger charge is 2.06. The van der Waals surface area contributed by atoms with E-state index in [-0.39, 0.29) is 0 Å². The van der Waals surface area contributed by atoms with Crippen LogP contribution >= 0.6 is 12.8 Å². The number of carbonyl (C=O) groups excluding carboxylic acids is 1. The van der Waals surface area contributed by atoms with Crippen LogP contribution in [0.15, 0.2) is 24.3 Å². The zero-order valence-corrected chi connectivity index (χ0v) is 8.70. The van der Waals surface area contributed by atoms with Gasteiger partial charge in [-0.05, 0) is 31.2 Å². The highest BCUT2D eigenvalue weighted by atomic mass is 32.1. The smallest absolute Gasteiger partial charge is 0.329 e. The fraction of sp³-hybridized carbons (Fsp3) is 0.222. The van der Waals surface area contributed by atoms with Gasteiger partial charge in [0.05, 0.1) is 12.3 Å². The number of hydrogen-bond acceptors (Lipinski definition) is 3. The van der Waals surface area contributed by atoms with E-state index in [9.17, 15) is 4.79 Å². The molecule has 1 aromatic rings. The van der Waals surface area contributed by atoms with Crippen LogP contribution in [0.2, 0.25) is 0 Å². The first-order valence-electron chi connectivity index (χ1n) is 4.16. The van der Waals surface area contributed by atoms with Gasteiger partial charge >= 0.3 is 6.03 Å². The van der Waals surface area contributed by atoms with Gasteiger partial charge in [-0.1, -0.05) is 12.8 Å². The van der Waals surface area contributed by atoms with Crippen molar-refractivity contribution < 1.29 is 9.53 Å². The second-order valence-electron chi connectivity index (χ2n) is 2.58. The van der Waals surface area contributed by atoms with Gasteiger partial charge in [0, 0.05) is 0 Å². The Morgan fingerprint density at radius 2 is 2.07 bits per heavy atom. The van der Waals surface area contributed by atoms with Gasteiger partial charge in [-0.25, -0.2) is 9.10 Å². The topological polar surface area (TPSA) is 55.6 Å². The minimum Gasteiger partial charge on any atom is -0.494 e. The summed E-state index contributed by atoms with van der Waals surface area (Å²) in [6.45, 7) is 2.52. The van der Waals surface area contributed by atoms with Crippen LogP contribution < -0.4 is 14.8 Å². The number of carbonyl (C=O) groups is 1. The van der Waals surface area contributed by atoms with Crippen LogP contribution in [-0.2, 0) is 0 Å². The van der Waals surface area contributed by atoms with Crippen molar-refractivity contribution in [3.8, 4) is 5.75 Å². The Morgan fingerprint density at radius 1 is 1.50 bits per heavy atom. The molecule has 0 atom stereocenters. The molecule has 0 spiro atoms. The van der Waals surface area contributed by atoms with Crippen LogP contribution in [0.1, 0.15) is 6.92 Å². The number of primary amides is 1. The molecule has 0 saturated carbocycles. The van der Waals surface area contributed by atoms with Crippen molar-refractivity contribution in [1.82, 2.24) is 0 Å². The maximum atomic E-state index is 10.8. The van der Waals surface area contributed by atoms with Crippen molar-refractivity contribution in [2.24, 2.45) is 5.73 Å². The summed E-state index contributed by atoms with van der Waals surface area (Å²) in [5.41, 5.74) is 5.66. The molecular formula is C9H12N2O2S. The van der Waals surface area contributed by atoms with E-state index in [1.165, 1.54) is 0 Å². The van der Waals surface area contributed by atoms with Crippen LogP contribution in [0.4, 0.5) is 10.5 Å². The number of urea groups is 1. The third-order valence-electron chi connectivity index (χ3n) is 1.60.